The molecule has 1 saturated carbocycles. The number of nitrogens with two attached hydrogens (primary N) is 1. The Morgan fingerprint density at radius 1 is 1.21 bits per heavy atom. The highest BCUT2D eigenvalue weighted by molar-refractivity contribution is 5.60. The van der Waals surface area contributed by atoms with Crippen molar-refractivity contribution >= 4 is 11.4 Å². The van der Waals surface area contributed by atoms with Crippen LogP contribution in [0.25, 0.3) is 0 Å². The van der Waals surface area contributed by atoms with Gasteiger partial charge >= 0.3 is 0 Å². The van der Waals surface area contributed by atoms with Gasteiger partial charge in [-0.15, -0.1) is 0 Å². The van der Waals surface area contributed by atoms with Gasteiger partial charge in [0.2, 0.25) is 0 Å². The molecule has 2 rings (SSSR count). The zero-order valence-corrected chi connectivity index (χ0v) is 12.6. The van der Waals surface area contributed by atoms with E-state index in [1.54, 1.807) is 7.11 Å². The Morgan fingerprint density at radius 2 is 1.84 bits per heavy atom. The molecule has 0 atom stereocenters. The molecular weight excluding hydrogens is 236 g/mol. The molecule has 0 aromatic heterocycles. The molecule has 1 fully saturated rings. The lowest BCUT2D eigenvalue weighted by Crippen LogP contribution is -2.37. The first kappa shape index (κ1) is 14.0. The van der Waals surface area contributed by atoms with Crippen molar-refractivity contribution in [1.82, 2.24) is 0 Å². The third-order valence-electron chi connectivity index (χ3n) is 4.41. The predicted molar refractivity (Wildman–Crippen MR) is 81.8 cm³/mol. The number of benzene rings is 1. The fraction of sp³-hybridized carbons (Fsp3) is 0.625. The van der Waals surface area contributed by atoms with E-state index in [1.165, 1.54) is 25.7 Å². The van der Waals surface area contributed by atoms with E-state index < -0.39 is 0 Å². The van der Waals surface area contributed by atoms with Crippen LogP contribution in [0.4, 0.5) is 11.4 Å². The van der Waals surface area contributed by atoms with Crippen LogP contribution >= 0.6 is 0 Å². The zero-order chi connectivity index (χ0) is 14.0. The molecule has 3 nitrogen and oxygen atoms in total. The summed E-state index contributed by atoms with van der Waals surface area (Å²) >= 11 is 0. The average Bonchev–Trinajstić information content (AvgIpc) is 2.37. The molecule has 0 heterocycles. The Kier molecular flexibility index (Phi) is 3.93. The second-order valence-corrected chi connectivity index (χ2v) is 6.47. The molecule has 1 aromatic carbocycles. The Balaban J connectivity index is 2.11. The topological polar surface area (TPSA) is 38.5 Å². The number of methoxy groups -OCH3 is 1. The second-order valence-electron chi connectivity index (χ2n) is 6.47. The van der Waals surface area contributed by atoms with Crippen molar-refractivity contribution in [2.24, 2.45) is 5.41 Å². The van der Waals surface area contributed by atoms with Gasteiger partial charge in [0.25, 0.3) is 0 Å². The molecule has 3 heteroatoms. The van der Waals surface area contributed by atoms with Crippen molar-refractivity contribution < 1.29 is 4.74 Å². The van der Waals surface area contributed by atoms with Crippen LogP contribution in [0.5, 0.6) is 5.75 Å². The molecule has 1 aromatic rings. The molecule has 0 radical (unpaired) electrons. The van der Waals surface area contributed by atoms with Gasteiger partial charge in [0.1, 0.15) is 5.75 Å². The summed E-state index contributed by atoms with van der Waals surface area (Å²) in [6.07, 6.45) is 5.09. The van der Waals surface area contributed by atoms with E-state index in [2.05, 4.69) is 31.9 Å². The van der Waals surface area contributed by atoms with Crippen LogP contribution in [-0.2, 0) is 0 Å². The fourth-order valence-corrected chi connectivity index (χ4v) is 2.91. The first-order valence-electron chi connectivity index (χ1n) is 7.09. The highest BCUT2D eigenvalue weighted by atomic mass is 16.5. The molecular formula is C16H26N2O. The van der Waals surface area contributed by atoms with Crippen molar-refractivity contribution in [3.63, 3.8) is 0 Å². The summed E-state index contributed by atoms with van der Waals surface area (Å²) in [7, 11) is 3.85. The van der Waals surface area contributed by atoms with Gasteiger partial charge in [-0.1, -0.05) is 13.8 Å². The number of anilines is 2. The van der Waals surface area contributed by atoms with Gasteiger partial charge in [0, 0.05) is 36.6 Å². The number of ether oxygens (including phenoxy) is 1. The summed E-state index contributed by atoms with van der Waals surface area (Å²) in [5, 5.41) is 0. The van der Waals surface area contributed by atoms with Gasteiger partial charge in [-0.25, -0.2) is 0 Å². The third-order valence-corrected chi connectivity index (χ3v) is 4.41. The zero-order valence-electron chi connectivity index (χ0n) is 12.6. The summed E-state index contributed by atoms with van der Waals surface area (Å²) in [5.74, 6) is 0.831. The average molecular weight is 262 g/mol. The minimum absolute atomic E-state index is 0.505. The molecule has 0 bridgehead atoms. The van der Waals surface area contributed by atoms with E-state index in [4.69, 9.17) is 10.5 Å². The second kappa shape index (κ2) is 5.32. The molecule has 19 heavy (non-hydrogen) atoms. The van der Waals surface area contributed by atoms with Crippen LogP contribution in [-0.4, -0.2) is 20.2 Å². The molecule has 106 valence electrons. The predicted octanol–water partition coefficient (Wildman–Crippen LogP) is 3.68. The van der Waals surface area contributed by atoms with E-state index >= 15 is 0 Å². The molecule has 1 aliphatic carbocycles. The normalized spacial score (nSPS) is 19.2. The SMILES string of the molecule is COc1cc(N)cc(N(C)C2CCC(C)(C)CC2)c1. The third kappa shape index (κ3) is 3.34. The number of hydrogen-bond acceptors (Lipinski definition) is 3. The minimum Gasteiger partial charge on any atom is -0.497 e. The van der Waals surface area contributed by atoms with E-state index in [9.17, 15) is 0 Å². The number of rotatable bonds is 3. The monoisotopic (exact) mass is 262 g/mol. The molecule has 0 saturated heterocycles. The number of nitrogens with zero attached hydrogens (tertiary/aromatic N) is 1. The Hall–Kier alpha value is -1.38. The van der Waals surface area contributed by atoms with E-state index in [0.717, 1.165) is 17.1 Å². The van der Waals surface area contributed by atoms with Crippen molar-refractivity contribution in [2.45, 2.75) is 45.6 Å². The lowest BCUT2D eigenvalue weighted by Gasteiger charge is -2.39. The summed E-state index contributed by atoms with van der Waals surface area (Å²) < 4.78 is 5.30. The first-order valence-corrected chi connectivity index (χ1v) is 7.09. The lowest BCUT2D eigenvalue weighted by molar-refractivity contribution is 0.222. The van der Waals surface area contributed by atoms with Gasteiger partial charge in [-0.3, -0.25) is 0 Å². The molecule has 2 N–H and O–H groups in total. The van der Waals surface area contributed by atoms with Crippen molar-refractivity contribution in [3.05, 3.63) is 18.2 Å². The maximum atomic E-state index is 5.94. The van der Waals surface area contributed by atoms with Gasteiger partial charge in [0.05, 0.1) is 7.11 Å². The van der Waals surface area contributed by atoms with Gasteiger partial charge in [0.15, 0.2) is 0 Å². The van der Waals surface area contributed by atoms with Crippen LogP contribution in [0.2, 0.25) is 0 Å². The van der Waals surface area contributed by atoms with Gasteiger partial charge in [-0.05, 0) is 37.2 Å². The first-order chi connectivity index (χ1) is 8.91. The summed E-state index contributed by atoms with van der Waals surface area (Å²) in [4.78, 5) is 2.36. The van der Waals surface area contributed by atoms with E-state index in [0.29, 0.717) is 11.5 Å². The quantitative estimate of drug-likeness (QED) is 0.844. The minimum atomic E-state index is 0.505. The summed E-state index contributed by atoms with van der Waals surface area (Å²) in [6.45, 7) is 4.74. The van der Waals surface area contributed by atoms with Gasteiger partial charge in [-0.2, -0.15) is 0 Å². The largest absolute Gasteiger partial charge is 0.497 e. The number of hydrogen-bond donors (Lipinski definition) is 1. The molecule has 0 amide bonds. The standard InChI is InChI=1S/C16H26N2O/c1-16(2)7-5-13(6-8-16)18(3)14-9-12(17)10-15(11-14)19-4/h9-11,13H,5-8,17H2,1-4H3. The van der Waals surface area contributed by atoms with Crippen LogP contribution < -0.4 is 15.4 Å². The molecule has 0 unspecified atom stereocenters. The van der Waals surface area contributed by atoms with Gasteiger partial charge < -0.3 is 15.4 Å². The van der Waals surface area contributed by atoms with Crippen molar-refractivity contribution in [3.8, 4) is 5.75 Å². The van der Waals surface area contributed by atoms with E-state index in [1.807, 2.05) is 12.1 Å². The number of nitrogen functional groups attached to an aromatic ring is 1. The lowest BCUT2D eigenvalue weighted by atomic mass is 9.75. The summed E-state index contributed by atoms with van der Waals surface area (Å²) in [5.41, 5.74) is 8.36. The molecule has 0 aliphatic heterocycles. The van der Waals surface area contributed by atoms with Crippen molar-refractivity contribution in [1.29, 1.82) is 0 Å². The summed E-state index contributed by atoms with van der Waals surface area (Å²) in [6, 6.07) is 6.57. The van der Waals surface area contributed by atoms with Crippen LogP contribution in [0.1, 0.15) is 39.5 Å². The highest BCUT2D eigenvalue weighted by Crippen LogP contribution is 2.38. The van der Waals surface area contributed by atoms with E-state index in [-0.39, 0.29) is 0 Å². The Labute approximate surface area is 116 Å². The Bertz CT molecular complexity index is 432. The van der Waals surface area contributed by atoms with Crippen LogP contribution in [0.15, 0.2) is 18.2 Å². The Morgan fingerprint density at radius 3 is 2.42 bits per heavy atom. The van der Waals surface area contributed by atoms with Crippen LogP contribution in [0, 0.1) is 5.41 Å². The fourth-order valence-electron chi connectivity index (χ4n) is 2.91. The molecule has 0 spiro atoms. The van der Waals surface area contributed by atoms with Crippen molar-refractivity contribution in [2.75, 3.05) is 24.8 Å². The maximum absolute atomic E-state index is 5.94. The highest BCUT2D eigenvalue weighted by Gasteiger charge is 2.29. The van der Waals surface area contributed by atoms with Crippen LogP contribution in [0.3, 0.4) is 0 Å². The molecule has 1 aliphatic rings. The maximum Gasteiger partial charge on any atom is 0.122 e. The smallest absolute Gasteiger partial charge is 0.122 e.